The van der Waals surface area contributed by atoms with Gasteiger partial charge < -0.3 is 33.8 Å². The first-order valence-corrected chi connectivity index (χ1v) is 40.5. The highest BCUT2D eigenvalue weighted by Gasteiger charge is 2.30. The number of carbonyl (C=O) groups excluding carboxylic acids is 4. The maximum Gasteiger partial charge on any atom is 0.472 e. The van der Waals surface area contributed by atoms with Gasteiger partial charge in [0.1, 0.15) is 19.3 Å². The lowest BCUT2D eigenvalue weighted by Gasteiger charge is -2.21. The second-order valence-electron chi connectivity index (χ2n) is 26.7. The molecule has 0 fully saturated rings. The van der Waals surface area contributed by atoms with Crippen LogP contribution in [0.5, 0.6) is 0 Å². The van der Waals surface area contributed by atoms with Crippen LogP contribution in [0, 0.1) is 11.8 Å². The minimum atomic E-state index is -4.95. The van der Waals surface area contributed by atoms with Crippen LogP contribution in [0.15, 0.2) is 0 Å². The molecule has 6 atom stereocenters. The van der Waals surface area contributed by atoms with E-state index in [-0.39, 0.29) is 25.7 Å². The predicted molar refractivity (Wildman–Crippen MR) is 368 cm³/mol. The van der Waals surface area contributed by atoms with E-state index < -0.39 is 97.5 Å². The first-order valence-electron chi connectivity index (χ1n) is 37.5. The van der Waals surface area contributed by atoms with E-state index >= 15 is 0 Å². The molecule has 540 valence electrons. The van der Waals surface area contributed by atoms with E-state index in [1.54, 1.807) is 0 Å². The van der Waals surface area contributed by atoms with Gasteiger partial charge in [-0.2, -0.15) is 0 Å². The number of hydrogen-bond donors (Lipinski definition) is 3. The maximum atomic E-state index is 13.0. The zero-order valence-electron chi connectivity index (χ0n) is 59.1. The summed E-state index contributed by atoms with van der Waals surface area (Å²) in [6, 6.07) is 0. The number of ether oxygens (including phenoxy) is 4. The van der Waals surface area contributed by atoms with Gasteiger partial charge in [0, 0.05) is 25.7 Å². The Balaban J connectivity index is 5.24. The largest absolute Gasteiger partial charge is 0.472 e. The molecule has 0 radical (unpaired) electrons. The summed E-state index contributed by atoms with van der Waals surface area (Å²) in [5.41, 5.74) is 0. The molecule has 3 unspecified atom stereocenters. The van der Waals surface area contributed by atoms with Gasteiger partial charge in [0.2, 0.25) is 0 Å². The molecular weight excluding hydrogens is 1200 g/mol. The van der Waals surface area contributed by atoms with Crippen LogP contribution in [0.2, 0.25) is 0 Å². The number of rotatable bonds is 71. The summed E-state index contributed by atoms with van der Waals surface area (Å²) >= 11 is 0. The fourth-order valence-electron chi connectivity index (χ4n) is 10.9. The molecule has 0 heterocycles. The quantitative estimate of drug-likeness (QED) is 0.0222. The molecule has 0 amide bonds. The summed E-state index contributed by atoms with van der Waals surface area (Å²) in [4.78, 5) is 72.6. The molecule has 0 aromatic rings. The molecule has 19 heteroatoms. The van der Waals surface area contributed by atoms with E-state index in [2.05, 4.69) is 41.5 Å². The van der Waals surface area contributed by atoms with Crippen molar-refractivity contribution < 1.29 is 80.2 Å². The van der Waals surface area contributed by atoms with Crippen molar-refractivity contribution >= 4 is 39.5 Å². The molecule has 0 bridgehead atoms. The number of hydrogen-bond acceptors (Lipinski definition) is 15. The second-order valence-corrected chi connectivity index (χ2v) is 29.6. The summed E-state index contributed by atoms with van der Waals surface area (Å²) < 4.78 is 68.4. The van der Waals surface area contributed by atoms with Gasteiger partial charge in [-0.25, -0.2) is 9.13 Å². The summed E-state index contributed by atoms with van der Waals surface area (Å²) in [7, 11) is -9.90. The molecule has 3 N–H and O–H groups in total. The second kappa shape index (κ2) is 64.1. The number of aliphatic hydroxyl groups is 1. The fourth-order valence-corrected chi connectivity index (χ4v) is 12.5. The SMILES string of the molecule is CCCCCCCCCCCCCCCC(=O)OC[C@H](COP(=O)(O)OC[C@@H](O)COP(=O)(O)OC[C@@H](COC(=O)CCCCCCCCC(C)CC)OC(=O)CCCCCCCCCCCCC)OC(=O)CCCCCCCCCCCCCCCCC(C)C. The molecule has 0 aliphatic carbocycles. The van der Waals surface area contributed by atoms with Crippen LogP contribution in [-0.4, -0.2) is 96.7 Å². The first-order chi connectivity index (χ1) is 43.9. The number of phosphoric acid groups is 2. The minimum Gasteiger partial charge on any atom is -0.462 e. The van der Waals surface area contributed by atoms with Gasteiger partial charge in [-0.1, -0.05) is 318 Å². The highest BCUT2D eigenvalue weighted by molar-refractivity contribution is 7.47. The predicted octanol–water partition coefficient (Wildman–Crippen LogP) is 20.8. The Kier molecular flexibility index (Phi) is 62.7. The Morgan fingerprint density at radius 1 is 0.319 bits per heavy atom. The van der Waals surface area contributed by atoms with E-state index in [0.29, 0.717) is 25.7 Å². The average Bonchev–Trinajstić information content (AvgIpc) is 3.74. The Bertz CT molecular complexity index is 1770. The van der Waals surface area contributed by atoms with Crippen molar-refractivity contribution in [1.29, 1.82) is 0 Å². The van der Waals surface area contributed by atoms with Crippen molar-refractivity contribution in [3.8, 4) is 0 Å². The highest BCUT2D eigenvalue weighted by Crippen LogP contribution is 2.45. The molecule has 0 rings (SSSR count). The third kappa shape index (κ3) is 65.1. The van der Waals surface area contributed by atoms with Crippen LogP contribution in [-0.2, 0) is 65.4 Å². The lowest BCUT2D eigenvalue weighted by molar-refractivity contribution is -0.161. The van der Waals surface area contributed by atoms with Crippen molar-refractivity contribution in [2.45, 2.75) is 387 Å². The lowest BCUT2D eigenvalue weighted by atomic mass is 10.00. The van der Waals surface area contributed by atoms with Crippen LogP contribution in [0.1, 0.15) is 369 Å². The number of phosphoric ester groups is 2. The van der Waals surface area contributed by atoms with E-state index in [1.165, 1.54) is 180 Å². The van der Waals surface area contributed by atoms with Crippen LogP contribution >= 0.6 is 15.6 Å². The van der Waals surface area contributed by atoms with Crippen molar-refractivity contribution in [1.82, 2.24) is 0 Å². The number of esters is 4. The average molecular weight is 1340 g/mol. The normalized spacial score (nSPS) is 14.4. The zero-order valence-corrected chi connectivity index (χ0v) is 60.9. The van der Waals surface area contributed by atoms with E-state index in [4.69, 9.17) is 37.0 Å². The molecule has 0 saturated heterocycles. The molecule has 0 saturated carbocycles. The number of aliphatic hydroxyl groups excluding tert-OH is 1. The van der Waals surface area contributed by atoms with Crippen molar-refractivity contribution in [3.05, 3.63) is 0 Å². The highest BCUT2D eigenvalue weighted by atomic mass is 31.2. The van der Waals surface area contributed by atoms with Gasteiger partial charge >= 0.3 is 39.5 Å². The van der Waals surface area contributed by atoms with Crippen LogP contribution in [0.4, 0.5) is 0 Å². The Labute approximate surface area is 556 Å². The maximum absolute atomic E-state index is 13.0. The van der Waals surface area contributed by atoms with Gasteiger partial charge in [0.15, 0.2) is 12.2 Å². The van der Waals surface area contributed by atoms with Gasteiger partial charge in [-0.15, -0.1) is 0 Å². The minimum absolute atomic E-state index is 0.106. The van der Waals surface area contributed by atoms with E-state index in [1.807, 2.05) is 0 Å². The van der Waals surface area contributed by atoms with Crippen molar-refractivity contribution in [2.75, 3.05) is 39.6 Å². The Morgan fingerprint density at radius 3 is 0.835 bits per heavy atom. The molecule has 91 heavy (non-hydrogen) atoms. The standard InChI is InChI=1S/C72H140O17P2/c1-7-10-12-14-16-18-20-23-28-31-35-42-48-54-69(74)82-60-67(88-72(77)57-51-45-37-33-29-25-22-21-24-27-30-34-40-46-52-64(4)5)62-86-90(78,79)84-58-66(73)59-85-91(80,81)87-63-68(61-83-70(75)55-49-43-39-38-41-47-53-65(6)9-3)89-71(76)56-50-44-36-32-26-19-17-15-13-11-8-2/h64-68,73H,7-63H2,1-6H3,(H,78,79)(H,80,81)/t65?,66-,67-,68-/m1/s1. The van der Waals surface area contributed by atoms with E-state index in [0.717, 1.165) is 108 Å². The summed E-state index contributed by atoms with van der Waals surface area (Å²) in [5.74, 6) is -0.594. The molecule has 0 aliphatic heterocycles. The molecule has 0 spiro atoms. The van der Waals surface area contributed by atoms with Crippen molar-refractivity contribution in [3.63, 3.8) is 0 Å². The fraction of sp³-hybridized carbons (Fsp3) is 0.944. The number of carbonyl (C=O) groups is 4. The van der Waals surface area contributed by atoms with Crippen LogP contribution in [0.25, 0.3) is 0 Å². The smallest absolute Gasteiger partial charge is 0.462 e. The zero-order chi connectivity index (χ0) is 67.2. The van der Waals surface area contributed by atoms with Crippen molar-refractivity contribution in [2.24, 2.45) is 11.8 Å². The first kappa shape index (κ1) is 89.1. The number of unbranched alkanes of at least 4 members (excludes halogenated alkanes) is 40. The van der Waals surface area contributed by atoms with Gasteiger partial charge in [-0.05, 0) is 37.5 Å². The van der Waals surface area contributed by atoms with Gasteiger partial charge in [-0.3, -0.25) is 37.3 Å². The van der Waals surface area contributed by atoms with E-state index in [9.17, 15) is 43.2 Å². The van der Waals surface area contributed by atoms with Gasteiger partial charge in [0.05, 0.1) is 26.4 Å². The Hall–Kier alpha value is -1.94. The summed E-state index contributed by atoms with van der Waals surface area (Å²) in [6.07, 6.45) is 49.8. The topological polar surface area (TPSA) is 237 Å². The third-order valence-electron chi connectivity index (χ3n) is 17.1. The summed E-state index contributed by atoms with van der Waals surface area (Å²) in [5, 5.41) is 10.6. The molecular formula is C72H140O17P2. The lowest BCUT2D eigenvalue weighted by Crippen LogP contribution is -2.30. The monoisotopic (exact) mass is 1340 g/mol. The molecule has 0 aromatic carbocycles. The molecule has 17 nitrogen and oxygen atoms in total. The summed E-state index contributed by atoms with van der Waals surface area (Å²) in [6.45, 7) is 9.55. The molecule has 0 aromatic heterocycles. The third-order valence-corrected chi connectivity index (χ3v) is 19.0. The van der Waals surface area contributed by atoms with Gasteiger partial charge in [0.25, 0.3) is 0 Å². The van der Waals surface area contributed by atoms with Crippen LogP contribution < -0.4 is 0 Å². The Morgan fingerprint density at radius 2 is 0.560 bits per heavy atom. The van der Waals surface area contributed by atoms with Crippen LogP contribution in [0.3, 0.4) is 0 Å². The molecule has 0 aliphatic rings.